The van der Waals surface area contributed by atoms with E-state index in [-0.39, 0.29) is 18.9 Å². The topological polar surface area (TPSA) is 83.6 Å². The molecule has 0 aliphatic carbocycles. The van der Waals surface area contributed by atoms with Gasteiger partial charge in [-0.25, -0.2) is 8.78 Å². The van der Waals surface area contributed by atoms with Gasteiger partial charge in [0.15, 0.2) is 17.5 Å². The van der Waals surface area contributed by atoms with E-state index in [0.717, 1.165) is 12.1 Å². The van der Waals surface area contributed by atoms with Crippen LogP contribution in [-0.2, 0) is 17.8 Å². The van der Waals surface area contributed by atoms with Gasteiger partial charge in [-0.3, -0.25) is 4.79 Å². The second-order valence-corrected chi connectivity index (χ2v) is 3.53. The third-order valence-corrected chi connectivity index (χ3v) is 2.18. The molecule has 0 fully saturated rings. The molecule has 0 atom stereocenters. The largest absolute Gasteiger partial charge is 0.348 e. The van der Waals surface area contributed by atoms with Crippen molar-refractivity contribution in [2.75, 3.05) is 0 Å². The molecule has 2 N–H and O–H groups in total. The Morgan fingerprint density at radius 1 is 1.33 bits per heavy atom. The van der Waals surface area contributed by atoms with Gasteiger partial charge in [0.05, 0.1) is 13.0 Å². The number of carbonyl (C=O) groups is 1. The first-order chi connectivity index (χ1) is 8.65. The van der Waals surface area contributed by atoms with E-state index in [9.17, 15) is 13.6 Å². The first kappa shape index (κ1) is 12.1. The van der Waals surface area contributed by atoms with Crippen LogP contribution in [0, 0.1) is 11.6 Å². The molecule has 1 aromatic carbocycles. The fourth-order valence-electron chi connectivity index (χ4n) is 1.33. The summed E-state index contributed by atoms with van der Waals surface area (Å²) in [5, 5.41) is 15.4. The van der Waals surface area contributed by atoms with Crippen LogP contribution in [0.5, 0.6) is 0 Å². The van der Waals surface area contributed by atoms with E-state index in [1.165, 1.54) is 6.07 Å². The fourth-order valence-corrected chi connectivity index (χ4v) is 1.33. The minimum atomic E-state index is -0.974. The van der Waals surface area contributed by atoms with Crippen molar-refractivity contribution in [2.24, 2.45) is 0 Å². The zero-order valence-corrected chi connectivity index (χ0v) is 9.15. The van der Waals surface area contributed by atoms with Crippen LogP contribution in [0.2, 0.25) is 0 Å². The van der Waals surface area contributed by atoms with Crippen LogP contribution in [0.25, 0.3) is 0 Å². The number of benzene rings is 1. The van der Waals surface area contributed by atoms with Crippen LogP contribution < -0.4 is 5.32 Å². The molecule has 1 amide bonds. The Bertz CT molecular complexity index is 543. The van der Waals surface area contributed by atoms with Gasteiger partial charge in [0.2, 0.25) is 5.91 Å². The normalized spacial score (nSPS) is 10.3. The lowest BCUT2D eigenvalue weighted by Gasteiger charge is -2.03. The highest BCUT2D eigenvalue weighted by molar-refractivity contribution is 5.78. The minimum absolute atomic E-state index is 0.0466. The van der Waals surface area contributed by atoms with E-state index in [1.54, 1.807) is 0 Å². The lowest BCUT2D eigenvalue weighted by molar-refractivity contribution is -0.120. The summed E-state index contributed by atoms with van der Waals surface area (Å²) < 4.78 is 25.6. The number of tetrazole rings is 1. The Kier molecular flexibility index (Phi) is 3.56. The number of amides is 1. The SMILES string of the molecule is O=C(Cc1ccc(F)c(F)c1)NCc1nn[nH]n1. The second kappa shape index (κ2) is 5.30. The maximum Gasteiger partial charge on any atom is 0.224 e. The Labute approximate surface area is 100 Å². The highest BCUT2D eigenvalue weighted by atomic mass is 19.2. The van der Waals surface area contributed by atoms with Gasteiger partial charge in [-0.05, 0) is 17.7 Å². The standard InChI is InChI=1S/C10H9F2N5O/c11-7-2-1-6(3-8(7)12)4-10(18)13-5-9-14-16-17-15-9/h1-3H,4-5H2,(H,13,18)(H,14,15,16,17). The van der Waals surface area contributed by atoms with Gasteiger partial charge in [-0.1, -0.05) is 11.3 Å². The van der Waals surface area contributed by atoms with Crippen molar-refractivity contribution in [3.05, 3.63) is 41.2 Å². The van der Waals surface area contributed by atoms with Crippen LogP contribution in [-0.4, -0.2) is 26.5 Å². The molecule has 1 aromatic heterocycles. The van der Waals surface area contributed by atoms with Crippen LogP contribution in [0.1, 0.15) is 11.4 Å². The summed E-state index contributed by atoms with van der Waals surface area (Å²) in [6, 6.07) is 3.33. The molecule has 2 aromatic rings. The number of hydrogen-bond acceptors (Lipinski definition) is 4. The fraction of sp³-hybridized carbons (Fsp3) is 0.200. The average molecular weight is 253 g/mol. The number of hydrogen-bond donors (Lipinski definition) is 2. The monoisotopic (exact) mass is 253 g/mol. The van der Waals surface area contributed by atoms with E-state index >= 15 is 0 Å². The number of carbonyl (C=O) groups excluding carboxylic acids is 1. The first-order valence-corrected chi connectivity index (χ1v) is 5.08. The maximum atomic E-state index is 12.9. The van der Waals surface area contributed by atoms with Crippen molar-refractivity contribution < 1.29 is 13.6 Å². The van der Waals surface area contributed by atoms with Gasteiger partial charge >= 0.3 is 0 Å². The van der Waals surface area contributed by atoms with Crippen molar-refractivity contribution in [3.8, 4) is 0 Å². The van der Waals surface area contributed by atoms with Crippen LogP contribution in [0.3, 0.4) is 0 Å². The molecule has 6 nitrogen and oxygen atoms in total. The zero-order valence-electron chi connectivity index (χ0n) is 9.15. The third-order valence-electron chi connectivity index (χ3n) is 2.18. The number of halogens is 2. The molecule has 0 aliphatic rings. The van der Waals surface area contributed by atoms with Crippen molar-refractivity contribution in [3.63, 3.8) is 0 Å². The Hall–Kier alpha value is -2.38. The summed E-state index contributed by atoms with van der Waals surface area (Å²) >= 11 is 0. The molecule has 8 heteroatoms. The number of nitrogens with one attached hydrogen (secondary N) is 2. The molecule has 0 radical (unpaired) electrons. The molecular formula is C10H9F2N5O. The smallest absolute Gasteiger partial charge is 0.224 e. The Balaban J connectivity index is 1.88. The van der Waals surface area contributed by atoms with Gasteiger partial charge in [0.25, 0.3) is 0 Å². The number of nitrogens with zero attached hydrogens (tertiary/aromatic N) is 3. The Morgan fingerprint density at radius 2 is 2.17 bits per heavy atom. The van der Waals surface area contributed by atoms with Crippen molar-refractivity contribution in [1.82, 2.24) is 25.9 Å². The zero-order chi connectivity index (χ0) is 13.0. The number of aromatic nitrogens is 4. The highest BCUT2D eigenvalue weighted by Gasteiger charge is 2.08. The third kappa shape index (κ3) is 3.06. The molecule has 0 spiro atoms. The van der Waals surface area contributed by atoms with Crippen molar-refractivity contribution >= 4 is 5.91 Å². The van der Waals surface area contributed by atoms with E-state index < -0.39 is 11.6 Å². The number of H-pyrrole nitrogens is 1. The second-order valence-electron chi connectivity index (χ2n) is 3.53. The van der Waals surface area contributed by atoms with Crippen LogP contribution in [0.15, 0.2) is 18.2 Å². The summed E-state index contributed by atoms with van der Waals surface area (Å²) in [5.74, 6) is -1.91. The molecule has 0 aliphatic heterocycles. The van der Waals surface area contributed by atoms with Gasteiger partial charge < -0.3 is 5.32 Å². The van der Waals surface area contributed by atoms with Crippen molar-refractivity contribution in [1.29, 1.82) is 0 Å². The lowest BCUT2D eigenvalue weighted by Crippen LogP contribution is -2.25. The molecule has 0 saturated carbocycles. The lowest BCUT2D eigenvalue weighted by atomic mass is 10.1. The number of rotatable bonds is 4. The van der Waals surface area contributed by atoms with Crippen LogP contribution >= 0.6 is 0 Å². The first-order valence-electron chi connectivity index (χ1n) is 5.08. The summed E-state index contributed by atoms with van der Waals surface area (Å²) in [6.45, 7) is 0.124. The van der Waals surface area contributed by atoms with Gasteiger partial charge in [0, 0.05) is 0 Å². The van der Waals surface area contributed by atoms with Crippen molar-refractivity contribution in [2.45, 2.75) is 13.0 Å². The predicted molar refractivity (Wildman–Crippen MR) is 56.1 cm³/mol. The summed E-state index contributed by atoms with van der Waals surface area (Å²) in [5.41, 5.74) is 0.388. The maximum absolute atomic E-state index is 12.9. The predicted octanol–water partition coefficient (Wildman–Crippen LogP) is 0.337. The quantitative estimate of drug-likeness (QED) is 0.822. The van der Waals surface area contributed by atoms with E-state index in [1.807, 2.05) is 0 Å². The van der Waals surface area contributed by atoms with E-state index in [4.69, 9.17) is 0 Å². The van der Waals surface area contributed by atoms with Crippen LogP contribution in [0.4, 0.5) is 8.78 Å². The average Bonchev–Trinajstić information content (AvgIpc) is 2.84. The molecule has 1 heterocycles. The Morgan fingerprint density at radius 3 is 2.83 bits per heavy atom. The highest BCUT2D eigenvalue weighted by Crippen LogP contribution is 2.09. The summed E-state index contributed by atoms with van der Waals surface area (Å²) in [7, 11) is 0. The molecule has 94 valence electrons. The molecule has 2 rings (SSSR count). The summed E-state index contributed by atoms with van der Waals surface area (Å²) in [6.07, 6.45) is -0.0466. The van der Waals surface area contributed by atoms with E-state index in [2.05, 4.69) is 25.9 Å². The molecule has 0 unspecified atom stereocenters. The molecule has 18 heavy (non-hydrogen) atoms. The van der Waals surface area contributed by atoms with Gasteiger partial charge in [-0.2, -0.15) is 5.21 Å². The van der Waals surface area contributed by atoms with Gasteiger partial charge in [0.1, 0.15) is 0 Å². The molecule has 0 saturated heterocycles. The number of aromatic amines is 1. The minimum Gasteiger partial charge on any atom is -0.348 e. The summed E-state index contributed by atoms with van der Waals surface area (Å²) in [4.78, 5) is 11.5. The van der Waals surface area contributed by atoms with E-state index in [0.29, 0.717) is 11.4 Å². The molecule has 0 bridgehead atoms. The van der Waals surface area contributed by atoms with Gasteiger partial charge in [-0.15, -0.1) is 10.2 Å². The molecular weight excluding hydrogens is 244 g/mol.